The summed E-state index contributed by atoms with van der Waals surface area (Å²) in [5.41, 5.74) is -3.66. The largest absolute Gasteiger partial charge is 0.502 e. The third-order valence-corrected chi connectivity index (χ3v) is 2.77. The molecule has 2 rings (SSSR count). The van der Waals surface area contributed by atoms with E-state index in [1.165, 1.54) is 12.1 Å². The lowest BCUT2D eigenvalue weighted by Gasteiger charge is -1.98. The number of benzene rings is 1. The first kappa shape index (κ1) is 15.6. The number of aromatic amines is 2. The molecule has 118 valence electrons. The fourth-order valence-corrected chi connectivity index (χ4v) is 1.77. The highest BCUT2D eigenvalue weighted by Gasteiger charge is 2.19. The summed E-state index contributed by atoms with van der Waals surface area (Å²) in [6, 6.07) is 3.42. The van der Waals surface area contributed by atoms with Gasteiger partial charge in [0.2, 0.25) is 0 Å². The lowest BCUT2D eigenvalue weighted by atomic mass is 10.1. The number of aromatic hydroxyl groups is 1. The molecule has 1 heterocycles. The smallest absolute Gasteiger partial charge is 0.357 e. The highest BCUT2D eigenvalue weighted by molar-refractivity contribution is 5.73. The maximum Gasteiger partial charge on any atom is 0.357 e. The van der Waals surface area contributed by atoms with Crippen molar-refractivity contribution in [2.45, 2.75) is 0 Å². The van der Waals surface area contributed by atoms with Crippen LogP contribution in [0.15, 0.2) is 27.8 Å². The zero-order valence-electron chi connectivity index (χ0n) is 11.2. The minimum Gasteiger partial charge on any atom is -0.502 e. The molecule has 0 aliphatic rings. The van der Waals surface area contributed by atoms with Crippen LogP contribution in [0.25, 0.3) is 12.2 Å². The van der Waals surface area contributed by atoms with E-state index in [2.05, 4.69) is 4.98 Å². The molecule has 0 aliphatic heterocycles. The van der Waals surface area contributed by atoms with Gasteiger partial charge in [-0.05, 0) is 17.7 Å². The molecule has 0 fully saturated rings. The van der Waals surface area contributed by atoms with E-state index in [1.54, 1.807) is 4.98 Å². The van der Waals surface area contributed by atoms with E-state index < -0.39 is 38.2 Å². The van der Waals surface area contributed by atoms with Gasteiger partial charge in [-0.3, -0.25) is 30.0 Å². The molecule has 0 radical (unpaired) electrons. The van der Waals surface area contributed by atoms with Crippen molar-refractivity contribution in [2.75, 3.05) is 0 Å². The van der Waals surface area contributed by atoms with Gasteiger partial charge in [0.1, 0.15) is 5.69 Å². The molecular weight excluding hydrogens is 312 g/mol. The zero-order valence-corrected chi connectivity index (χ0v) is 11.2. The molecule has 2 aromatic rings. The van der Waals surface area contributed by atoms with Crippen LogP contribution in [0.1, 0.15) is 11.3 Å². The molecular formula is C12H8N4O7. The third kappa shape index (κ3) is 3.29. The fourth-order valence-electron chi connectivity index (χ4n) is 1.77. The summed E-state index contributed by atoms with van der Waals surface area (Å²) >= 11 is 0. The maximum atomic E-state index is 11.4. The maximum absolute atomic E-state index is 11.4. The van der Waals surface area contributed by atoms with Crippen molar-refractivity contribution in [3.8, 4) is 5.75 Å². The van der Waals surface area contributed by atoms with Crippen molar-refractivity contribution in [3.63, 3.8) is 0 Å². The summed E-state index contributed by atoms with van der Waals surface area (Å²) in [6.07, 6.45) is 2.27. The first-order chi connectivity index (χ1) is 10.8. The summed E-state index contributed by atoms with van der Waals surface area (Å²) < 4.78 is 0. The van der Waals surface area contributed by atoms with Crippen molar-refractivity contribution >= 4 is 23.5 Å². The predicted molar refractivity (Wildman–Crippen MR) is 78.0 cm³/mol. The molecule has 0 unspecified atom stereocenters. The number of nitro groups is 2. The van der Waals surface area contributed by atoms with Gasteiger partial charge in [-0.15, -0.1) is 0 Å². The number of nitrogens with one attached hydrogen (secondary N) is 2. The van der Waals surface area contributed by atoms with Gasteiger partial charge >= 0.3 is 22.6 Å². The van der Waals surface area contributed by atoms with E-state index in [9.17, 15) is 34.9 Å². The van der Waals surface area contributed by atoms with Crippen LogP contribution in [-0.4, -0.2) is 24.9 Å². The van der Waals surface area contributed by atoms with Crippen LogP contribution in [0, 0.1) is 20.2 Å². The summed E-state index contributed by atoms with van der Waals surface area (Å²) in [7, 11) is 0. The molecule has 0 saturated carbocycles. The van der Waals surface area contributed by atoms with Crippen LogP contribution in [-0.2, 0) is 0 Å². The molecule has 11 nitrogen and oxygen atoms in total. The van der Waals surface area contributed by atoms with Crippen molar-refractivity contribution in [2.24, 2.45) is 0 Å². The number of phenols is 1. The van der Waals surface area contributed by atoms with E-state index in [0.29, 0.717) is 0 Å². The van der Waals surface area contributed by atoms with E-state index in [4.69, 9.17) is 0 Å². The molecule has 0 atom stereocenters. The van der Waals surface area contributed by atoms with Gasteiger partial charge in [-0.2, -0.15) is 0 Å². The first-order valence-electron chi connectivity index (χ1n) is 5.96. The normalized spacial score (nSPS) is 10.8. The highest BCUT2D eigenvalue weighted by atomic mass is 16.6. The Kier molecular flexibility index (Phi) is 4.03. The van der Waals surface area contributed by atoms with E-state index in [0.717, 1.165) is 18.2 Å². The van der Waals surface area contributed by atoms with Gasteiger partial charge in [0.25, 0.3) is 0 Å². The zero-order chi connectivity index (χ0) is 17.1. The van der Waals surface area contributed by atoms with Crippen LogP contribution in [0.4, 0.5) is 11.4 Å². The Balaban J connectivity index is 2.51. The third-order valence-electron chi connectivity index (χ3n) is 2.77. The molecule has 1 aromatic heterocycles. The number of nitro benzene ring substituents is 1. The molecule has 3 N–H and O–H groups in total. The average molecular weight is 320 g/mol. The van der Waals surface area contributed by atoms with Gasteiger partial charge < -0.3 is 10.1 Å². The second-order valence-corrected chi connectivity index (χ2v) is 4.27. The Morgan fingerprint density at radius 3 is 2.35 bits per heavy atom. The summed E-state index contributed by atoms with van der Waals surface area (Å²) in [4.78, 5) is 46.3. The van der Waals surface area contributed by atoms with Gasteiger partial charge in [0.05, 0.1) is 9.85 Å². The number of nitrogens with zero attached hydrogens (tertiary/aromatic N) is 2. The van der Waals surface area contributed by atoms with Crippen LogP contribution >= 0.6 is 0 Å². The Hall–Kier alpha value is -3.76. The number of phenolic OH excluding ortho intramolecular Hbond substituents is 1. The van der Waals surface area contributed by atoms with Crippen LogP contribution in [0.5, 0.6) is 5.75 Å². The minimum atomic E-state index is -1.17. The molecule has 0 saturated heterocycles. The van der Waals surface area contributed by atoms with Crippen molar-refractivity contribution in [3.05, 3.63) is 70.5 Å². The molecule has 11 heteroatoms. The summed E-state index contributed by atoms with van der Waals surface area (Å²) in [5, 5.41) is 30.9. The highest BCUT2D eigenvalue weighted by Crippen LogP contribution is 2.27. The summed E-state index contributed by atoms with van der Waals surface area (Å²) in [5.74, 6) is -0.539. The van der Waals surface area contributed by atoms with Gasteiger partial charge in [0, 0.05) is 6.07 Å². The van der Waals surface area contributed by atoms with Gasteiger partial charge in [0.15, 0.2) is 5.75 Å². The van der Waals surface area contributed by atoms with Crippen molar-refractivity contribution < 1.29 is 15.0 Å². The molecule has 0 aliphatic carbocycles. The predicted octanol–water partition coefficient (Wildman–Crippen LogP) is 0.756. The quantitative estimate of drug-likeness (QED) is 0.550. The Morgan fingerprint density at radius 1 is 1.04 bits per heavy atom. The summed E-state index contributed by atoms with van der Waals surface area (Å²) in [6.45, 7) is 0. The Labute approximate surface area is 125 Å². The van der Waals surface area contributed by atoms with E-state index in [-0.39, 0.29) is 11.3 Å². The molecule has 0 bridgehead atoms. The van der Waals surface area contributed by atoms with Gasteiger partial charge in [-0.1, -0.05) is 12.1 Å². The monoisotopic (exact) mass is 320 g/mol. The van der Waals surface area contributed by atoms with Crippen molar-refractivity contribution in [1.82, 2.24) is 9.97 Å². The van der Waals surface area contributed by atoms with E-state index >= 15 is 0 Å². The minimum absolute atomic E-state index is 0.227. The fraction of sp³-hybridized carbons (Fsp3) is 0. The van der Waals surface area contributed by atoms with Gasteiger partial charge in [-0.25, -0.2) is 4.79 Å². The second-order valence-electron chi connectivity index (χ2n) is 4.27. The molecule has 1 aromatic carbocycles. The number of rotatable bonds is 4. The SMILES string of the molecule is O=c1[nH]c(/C=C/c2ccc(O)c([N+](=O)[O-])c2)c([N+](=O)[O-])c(=O)[nH]1. The lowest BCUT2D eigenvalue weighted by molar-refractivity contribution is -0.386. The number of hydrogen-bond donors (Lipinski definition) is 3. The Bertz CT molecular complexity index is 941. The standard InChI is InChI=1S/C12H8N4O7/c17-9-4-2-6(5-8(9)15(20)21)1-3-7-10(16(22)23)11(18)14-12(19)13-7/h1-5,17H,(H2,13,14,18,19)/b3-1+. The lowest BCUT2D eigenvalue weighted by Crippen LogP contribution is -2.25. The molecule has 0 spiro atoms. The van der Waals surface area contributed by atoms with Crippen LogP contribution < -0.4 is 11.2 Å². The average Bonchev–Trinajstić information content (AvgIpc) is 2.44. The number of aromatic nitrogens is 2. The van der Waals surface area contributed by atoms with Crippen LogP contribution in [0.3, 0.4) is 0 Å². The molecule has 0 amide bonds. The first-order valence-corrected chi connectivity index (χ1v) is 5.96. The number of H-pyrrole nitrogens is 2. The Morgan fingerprint density at radius 2 is 1.74 bits per heavy atom. The van der Waals surface area contributed by atoms with Crippen LogP contribution in [0.2, 0.25) is 0 Å². The number of hydrogen-bond acceptors (Lipinski definition) is 7. The van der Waals surface area contributed by atoms with Crippen molar-refractivity contribution in [1.29, 1.82) is 0 Å². The van der Waals surface area contributed by atoms with E-state index in [1.807, 2.05) is 0 Å². The topological polar surface area (TPSA) is 172 Å². The second kappa shape index (κ2) is 5.93. The molecule has 23 heavy (non-hydrogen) atoms.